The molecule has 124 valence electrons. The van der Waals surface area contributed by atoms with Crippen LogP contribution in [-0.2, 0) is 24.9 Å². The zero-order valence-electron chi connectivity index (χ0n) is 14.2. The number of hydrogen-bond donors (Lipinski definition) is 0. The third-order valence-electron chi connectivity index (χ3n) is 4.30. The van der Waals surface area contributed by atoms with E-state index in [0.29, 0.717) is 13.2 Å². The Labute approximate surface area is 136 Å². The van der Waals surface area contributed by atoms with Crippen molar-refractivity contribution in [1.29, 1.82) is 0 Å². The molecule has 0 atom stereocenters. The van der Waals surface area contributed by atoms with Gasteiger partial charge < -0.3 is 4.74 Å². The van der Waals surface area contributed by atoms with Crippen molar-refractivity contribution in [1.82, 2.24) is 14.3 Å². The Morgan fingerprint density at radius 1 is 1.26 bits per heavy atom. The van der Waals surface area contributed by atoms with Crippen LogP contribution in [0.4, 0.5) is 0 Å². The Hall–Kier alpha value is -2.04. The molecule has 0 spiro atoms. The van der Waals surface area contributed by atoms with E-state index < -0.39 is 0 Å². The number of rotatable bonds is 4. The van der Waals surface area contributed by atoms with E-state index in [1.807, 2.05) is 12.1 Å². The van der Waals surface area contributed by atoms with Crippen molar-refractivity contribution in [3.8, 4) is 5.75 Å². The zero-order valence-corrected chi connectivity index (χ0v) is 14.2. The summed E-state index contributed by atoms with van der Waals surface area (Å²) in [7, 11) is 0. The first kappa shape index (κ1) is 15.8. The second kappa shape index (κ2) is 6.22. The van der Waals surface area contributed by atoms with Crippen LogP contribution >= 0.6 is 0 Å². The summed E-state index contributed by atoms with van der Waals surface area (Å²) in [5.41, 5.74) is 1.33. The van der Waals surface area contributed by atoms with E-state index in [9.17, 15) is 4.79 Å². The molecule has 1 aliphatic heterocycles. The minimum atomic E-state index is -0.00765. The first-order valence-electron chi connectivity index (χ1n) is 8.35. The summed E-state index contributed by atoms with van der Waals surface area (Å²) in [5, 5.41) is 4.43. The van der Waals surface area contributed by atoms with Crippen LogP contribution in [0.1, 0.15) is 45.0 Å². The van der Waals surface area contributed by atoms with Gasteiger partial charge in [-0.1, -0.05) is 32.9 Å². The summed E-state index contributed by atoms with van der Waals surface area (Å²) < 4.78 is 9.16. The van der Waals surface area contributed by atoms with E-state index in [1.165, 1.54) is 10.2 Å². The Bertz CT molecular complexity index is 737. The first-order valence-corrected chi connectivity index (χ1v) is 8.35. The first-order chi connectivity index (χ1) is 10.9. The third kappa shape index (κ3) is 3.49. The van der Waals surface area contributed by atoms with Gasteiger partial charge in [0, 0.05) is 13.0 Å². The maximum absolute atomic E-state index is 12.2. The van der Waals surface area contributed by atoms with Crippen LogP contribution in [-0.4, -0.2) is 21.0 Å². The highest BCUT2D eigenvalue weighted by atomic mass is 16.5. The Morgan fingerprint density at radius 2 is 2.09 bits per heavy atom. The Balaban J connectivity index is 1.64. The molecule has 3 rings (SSSR count). The van der Waals surface area contributed by atoms with E-state index in [0.717, 1.165) is 37.4 Å². The average molecular weight is 315 g/mol. The van der Waals surface area contributed by atoms with Crippen molar-refractivity contribution < 1.29 is 4.74 Å². The fraction of sp³-hybridized carbons (Fsp3) is 0.556. The lowest BCUT2D eigenvalue weighted by Crippen LogP contribution is -2.28. The Kier molecular flexibility index (Phi) is 4.28. The minimum absolute atomic E-state index is 0.00765. The van der Waals surface area contributed by atoms with E-state index in [1.54, 1.807) is 4.57 Å². The maximum Gasteiger partial charge on any atom is 0.346 e. The number of benzene rings is 1. The van der Waals surface area contributed by atoms with Crippen molar-refractivity contribution in [2.24, 2.45) is 0 Å². The molecule has 5 nitrogen and oxygen atoms in total. The molecule has 5 heteroatoms. The molecule has 0 aliphatic carbocycles. The number of aryl methyl sites for hydroxylation is 1. The summed E-state index contributed by atoms with van der Waals surface area (Å²) in [6, 6.07) is 8.15. The predicted octanol–water partition coefficient (Wildman–Crippen LogP) is 2.76. The van der Waals surface area contributed by atoms with Crippen molar-refractivity contribution in [3.05, 3.63) is 46.1 Å². The highest BCUT2D eigenvalue weighted by Crippen LogP contribution is 2.25. The van der Waals surface area contributed by atoms with Gasteiger partial charge in [-0.05, 0) is 36.0 Å². The largest absolute Gasteiger partial charge is 0.492 e. The molecule has 2 aromatic rings. The van der Waals surface area contributed by atoms with E-state index in [2.05, 4.69) is 38.0 Å². The van der Waals surface area contributed by atoms with Crippen molar-refractivity contribution in [3.63, 3.8) is 0 Å². The van der Waals surface area contributed by atoms with Crippen molar-refractivity contribution in [2.75, 3.05) is 6.61 Å². The molecular weight excluding hydrogens is 290 g/mol. The van der Waals surface area contributed by atoms with Crippen LogP contribution in [0.15, 0.2) is 29.1 Å². The molecule has 23 heavy (non-hydrogen) atoms. The third-order valence-corrected chi connectivity index (χ3v) is 4.30. The Morgan fingerprint density at radius 3 is 2.83 bits per heavy atom. The molecule has 0 saturated carbocycles. The number of ether oxygens (including phenoxy) is 1. The van der Waals surface area contributed by atoms with Gasteiger partial charge in [0.1, 0.15) is 18.2 Å². The lowest BCUT2D eigenvalue weighted by molar-refractivity contribution is 0.287. The number of hydrogen-bond acceptors (Lipinski definition) is 3. The molecule has 0 unspecified atom stereocenters. The predicted molar refractivity (Wildman–Crippen MR) is 90.1 cm³/mol. The van der Waals surface area contributed by atoms with Crippen LogP contribution in [0.5, 0.6) is 5.75 Å². The lowest BCUT2D eigenvalue weighted by Gasteiger charge is -2.19. The summed E-state index contributed by atoms with van der Waals surface area (Å²) >= 11 is 0. The standard InChI is InChI=1S/C18H25N3O2/c1-18(2,3)14-7-6-8-15(13-14)23-12-11-21-17(22)20-10-5-4-9-16(20)19-21/h6-8,13H,4-5,9-12H2,1-3H3. The van der Waals surface area contributed by atoms with Crippen molar-refractivity contribution >= 4 is 0 Å². The van der Waals surface area contributed by atoms with Crippen LogP contribution in [0.3, 0.4) is 0 Å². The second-order valence-corrected chi connectivity index (χ2v) is 7.16. The van der Waals surface area contributed by atoms with E-state index in [4.69, 9.17) is 4.74 Å². The molecule has 1 aromatic carbocycles. The highest BCUT2D eigenvalue weighted by molar-refractivity contribution is 5.32. The monoisotopic (exact) mass is 315 g/mol. The summed E-state index contributed by atoms with van der Waals surface area (Å²) in [6.45, 7) is 8.27. The molecule has 0 fully saturated rings. The lowest BCUT2D eigenvalue weighted by atomic mass is 9.87. The number of aromatic nitrogens is 3. The molecule has 1 aliphatic rings. The van der Waals surface area contributed by atoms with E-state index >= 15 is 0 Å². The van der Waals surface area contributed by atoms with Crippen LogP contribution in [0, 0.1) is 0 Å². The highest BCUT2D eigenvalue weighted by Gasteiger charge is 2.17. The zero-order chi connectivity index (χ0) is 16.4. The van der Waals surface area contributed by atoms with Crippen LogP contribution < -0.4 is 10.4 Å². The van der Waals surface area contributed by atoms with Gasteiger partial charge in [0.2, 0.25) is 0 Å². The summed E-state index contributed by atoms with van der Waals surface area (Å²) in [4.78, 5) is 12.2. The van der Waals surface area contributed by atoms with Gasteiger partial charge in [-0.2, -0.15) is 5.10 Å². The van der Waals surface area contributed by atoms with Crippen LogP contribution in [0.2, 0.25) is 0 Å². The molecule has 0 radical (unpaired) electrons. The topological polar surface area (TPSA) is 49.0 Å². The maximum atomic E-state index is 12.2. The molecule has 0 bridgehead atoms. The normalized spacial score (nSPS) is 14.6. The average Bonchev–Trinajstić information content (AvgIpc) is 2.84. The van der Waals surface area contributed by atoms with Gasteiger partial charge in [0.25, 0.3) is 0 Å². The smallest absolute Gasteiger partial charge is 0.346 e. The van der Waals surface area contributed by atoms with Gasteiger partial charge in [-0.15, -0.1) is 0 Å². The van der Waals surface area contributed by atoms with Gasteiger partial charge in [-0.3, -0.25) is 4.57 Å². The molecule has 0 N–H and O–H groups in total. The SMILES string of the molecule is CC(C)(C)c1cccc(OCCn2nc3n(c2=O)CCCC3)c1. The van der Waals surface area contributed by atoms with Crippen molar-refractivity contribution in [2.45, 2.75) is 58.5 Å². The van der Waals surface area contributed by atoms with Gasteiger partial charge in [0.05, 0.1) is 6.54 Å². The number of fused-ring (bicyclic) bond motifs is 1. The van der Waals surface area contributed by atoms with Crippen LogP contribution in [0.25, 0.3) is 0 Å². The second-order valence-electron chi connectivity index (χ2n) is 7.16. The molecule has 0 amide bonds. The summed E-state index contributed by atoms with van der Waals surface area (Å²) in [6.07, 6.45) is 3.08. The quantitative estimate of drug-likeness (QED) is 0.871. The minimum Gasteiger partial charge on any atom is -0.492 e. The van der Waals surface area contributed by atoms with Gasteiger partial charge in [-0.25, -0.2) is 9.48 Å². The van der Waals surface area contributed by atoms with Gasteiger partial charge in [0.15, 0.2) is 0 Å². The fourth-order valence-electron chi connectivity index (χ4n) is 2.90. The molecule has 1 aromatic heterocycles. The summed E-state index contributed by atoms with van der Waals surface area (Å²) in [5.74, 6) is 1.76. The molecular formula is C18H25N3O2. The molecule has 2 heterocycles. The fourth-order valence-corrected chi connectivity index (χ4v) is 2.90. The van der Waals surface area contributed by atoms with Gasteiger partial charge >= 0.3 is 5.69 Å². The molecule has 0 saturated heterocycles. The number of nitrogens with zero attached hydrogens (tertiary/aromatic N) is 3. The van der Waals surface area contributed by atoms with E-state index in [-0.39, 0.29) is 11.1 Å².